The van der Waals surface area contributed by atoms with Gasteiger partial charge in [0.25, 0.3) is 0 Å². The van der Waals surface area contributed by atoms with Crippen LogP contribution in [0.25, 0.3) is 10.9 Å². The zero-order valence-electron chi connectivity index (χ0n) is 7.74. The van der Waals surface area contributed by atoms with E-state index < -0.39 is 9.84 Å². The highest BCUT2D eigenvalue weighted by Crippen LogP contribution is 2.24. The van der Waals surface area contributed by atoms with Gasteiger partial charge in [0.15, 0.2) is 9.84 Å². The van der Waals surface area contributed by atoms with Crippen LogP contribution in [0.4, 0.5) is 0 Å². The third-order valence-corrected chi connectivity index (χ3v) is 3.24. The number of sulfone groups is 1. The average molecular weight is 208 g/mol. The first-order valence-electron chi connectivity index (χ1n) is 4.13. The van der Waals surface area contributed by atoms with E-state index in [1.807, 2.05) is 24.3 Å². The second kappa shape index (κ2) is 2.85. The maximum absolute atomic E-state index is 11.4. The minimum atomic E-state index is -3.21. The molecule has 2 aromatic rings. The highest BCUT2D eigenvalue weighted by Gasteiger charge is 2.15. The monoisotopic (exact) mass is 208 g/mol. The Labute approximate surface area is 82.7 Å². The fourth-order valence-corrected chi connectivity index (χ4v) is 2.34. The molecule has 3 nitrogen and oxygen atoms in total. The molecule has 0 aliphatic carbocycles. The number of fused-ring (bicyclic) bond motifs is 1. The summed E-state index contributed by atoms with van der Waals surface area (Å²) in [6, 6.07) is 7.39. The van der Waals surface area contributed by atoms with Crippen LogP contribution in [-0.4, -0.2) is 19.7 Å². The van der Waals surface area contributed by atoms with E-state index in [4.69, 9.17) is 0 Å². The first-order chi connectivity index (χ1) is 6.50. The molecule has 73 valence electrons. The van der Waals surface area contributed by atoms with Gasteiger partial charge >= 0.3 is 0 Å². The van der Waals surface area contributed by atoms with Gasteiger partial charge in [0, 0.05) is 17.2 Å². The van der Waals surface area contributed by atoms with Crippen molar-refractivity contribution in [2.24, 2.45) is 0 Å². The van der Waals surface area contributed by atoms with E-state index in [1.165, 1.54) is 6.26 Å². The molecular formula is C10H10NO2S. The number of H-pyrrole nitrogens is 1. The Morgan fingerprint density at radius 1 is 1.29 bits per heavy atom. The summed E-state index contributed by atoms with van der Waals surface area (Å²) in [5.41, 5.74) is 1.35. The Morgan fingerprint density at radius 3 is 2.50 bits per heavy atom. The van der Waals surface area contributed by atoms with Crippen molar-refractivity contribution < 1.29 is 8.42 Å². The number of nitrogens with one attached hydrogen (secondary N) is 1. The smallest absolute Gasteiger partial charge is 0.191 e. The first kappa shape index (κ1) is 9.27. The van der Waals surface area contributed by atoms with Gasteiger partial charge < -0.3 is 4.98 Å². The topological polar surface area (TPSA) is 49.9 Å². The Bertz CT molecular complexity index is 581. The Morgan fingerprint density at radius 2 is 1.93 bits per heavy atom. The number of para-hydroxylation sites is 1. The summed E-state index contributed by atoms with van der Waals surface area (Å²) < 4.78 is 22.7. The molecule has 1 aromatic heterocycles. The summed E-state index contributed by atoms with van der Waals surface area (Å²) >= 11 is 0. The van der Waals surface area contributed by atoms with E-state index in [0.29, 0.717) is 5.56 Å². The zero-order chi connectivity index (χ0) is 10.3. The van der Waals surface area contributed by atoms with Crippen LogP contribution < -0.4 is 0 Å². The molecule has 0 amide bonds. The number of rotatable bonds is 1. The van der Waals surface area contributed by atoms with Crippen molar-refractivity contribution in [3.05, 3.63) is 36.8 Å². The third kappa shape index (κ3) is 1.32. The number of aromatic amines is 1. The molecule has 0 aliphatic heterocycles. The summed E-state index contributed by atoms with van der Waals surface area (Å²) in [6.45, 7) is 3.76. The molecule has 1 radical (unpaired) electrons. The molecule has 2 rings (SSSR count). The molecule has 0 spiro atoms. The molecule has 0 saturated carbocycles. The number of benzene rings is 1. The van der Waals surface area contributed by atoms with Gasteiger partial charge in [-0.2, -0.15) is 0 Å². The highest BCUT2D eigenvalue weighted by atomic mass is 32.2. The molecular weight excluding hydrogens is 198 g/mol. The van der Waals surface area contributed by atoms with Gasteiger partial charge in [-0.05, 0) is 18.6 Å². The molecule has 1 aromatic carbocycles. The van der Waals surface area contributed by atoms with Crippen LogP contribution in [0.5, 0.6) is 0 Å². The van der Waals surface area contributed by atoms with E-state index in [9.17, 15) is 8.42 Å². The highest BCUT2D eigenvalue weighted by molar-refractivity contribution is 7.90. The maximum Gasteiger partial charge on any atom is 0.191 e. The number of hydrogen-bond acceptors (Lipinski definition) is 2. The summed E-state index contributed by atoms with van der Waals surface area (Å²) in [7, 11) is -3.21. The Hall–Kier alpha value is -1.29. The average Bonchev–Trinajstić information content (AvgIpc) is 2.44. The van der Waals surface area contributed by atoms with Crippen LogP contribution in [0.2, 0.25) is 0 Å². The van der Waals surface area contributed by atoms with Gasteiger partial charge in [0.2, 0.25) is 0 Å². The predicted octanol–water partition coefficient (Wildman–Crippen LogP) is 1.75. The van der Waals surface area contributed by atoms with E-state index in [2.05, 4.69) is 11.9 Å². The summed E-state index contributed by atoms with van der Waals surface area (Å²) in [5.74, 6) is 0. The minimum absolute atomic E-state index is 0.207. The van der Waals surface area contributed by atoms with Crippen molar-refractivity contribution in [3.63, 3.8) is 0 Å². The van der Waals surface area contributed by atoms with Gasteiger partial charge in [-0.1, -0.05) is 18.2 Å². The van der Waals surface area contributed by atoms with E-state index in [-0.39, 0.29) is 5.03 Å². The summed E-state index contributed by atoms with van der Waals surface area (Å²) in [4.78, 5) is 2.85. The second-order valence-electron chi connectivity index (χ2n) is 3.25. The van der Waals surface area contributed by atoms with Gasteiger partial charge in [-0.25, -0.2) is 8.42 Å². The van der Waals surface area contributed by atoms with E-state index in [1.54, 1.807) is 0 Å². The molecule has 0 unspecified atom stereocenters. The molecule has 14 heavy (non-hydrogen) atoms. The Kier molecular flexibility index (Phi) is 1.89. The van der Waals surface area contributed by atoms with Crippen LogP contribution in [0.1, 0.15) is 5.56 Å². The molecule has 1 N–H and O–H groups in total. The standard InChI is InChI=1S/C10H10NO2S/c1-7-8-5-3-4-6-9(8)11-10(7)14(2,12)13/h3-6,11H,1H2,2H3. The van der Waals surface area contributed by atoms with E-state index in [0.717, 1.165) is 10.9 Å². The van der Waals surface area contributed by atoms with Crippen molar-refractivity contribution in [1.29, 1.82) is 0 Å². The van der Waals surface area contributed by atoms with Crippen molar-refractivity contribution in [1.82, 2.24) is 4.98 Å². The molecule has 0 bridgehead atoms. The van der Waals surface area contributed by atoms with Crippen molar-refractivity contribution >= 4 is 20.7 Å². The molecule has 0 atom stereocenters. The lowest BCUT2D eigenvalue weighted by molar-refractivity contribution is 0.599. The fourth-order valence-electron chi connectivity index (χ4n) is 1.49. The minimum Gasteiger partial charge on any atom is -0.345 e. The predicted molar refractivity (Wildman–Crippen MR) is 55.9 cm³/mol. The van der Waals surface area contributed by atoms with Gasteiger partial charge in [-0.3, -0.25) is 0 Å². The van der Waals surface area contributed by atoms with Crippen LogP contribution in [0.15, 0.2) is 29.3 Å². The molecule has 1 heterocycles. The van der Waals surface area contributed by atoms with Crippen molar-refractivity contribution in [2.45, 2.75) is 5.03 Å². The lowest BCUT2D eigenvalue weighted by Crippen LogP contribution is -1.98. The van der Waals surface area contributed by atoms with Gasteiger partial charge in [-0.15, -0.1) is 0 Å². The number of aromatic nitrogens is 1. The van der Waals surface area contributed by atoms with Crippen molar-refractivity contribution in [2.75, 3.05) is 6.26 Å². The third-order valence-electron chi connectivity index (χ3n) is 2.15. The lowest BCUT2D eigenvalue weighted by Gasteiger charge is -1.94. The SMILES string of the molecule is [CH2]c1c(S(C)(=O)=O)[nH]c2ccccc12. The van der Waals surface area contributed by atoms with E-state index >= 15 is 0 Å². The van der Waals surface area contributed by atoms with Crippen LogP contribution in [-0.2, 0) is 9.84 Å². The molecule has 4 heteroatoms. The normalized spacial score (nSPS) is 12.1. The largest absolute Gasteiger partial charge is 0.345 e. The molecule has 0 saturated heterocycles. The quantitative estimate of drug-likeness (QED) is 0.776. The fraction of sp³-hybridized carbons (Fsp3) is 0.100. The second-order valence-corrected chi connectivity index (χ2v) is 5.20. The lowest BCUT2D eigenvalue weighted by atomic mass is 10.2. The first-order valence-corrected chi connectivity index (χ1v) is 6.02. The van der Waals surface area contributed by atoms with Gasteiger partial charge in [0.1, 0.15) is 5.03 Å². The molecule has 0 fully saturated rings. The van der Waals surface area contributed by atoms with Crippen LogP contribution >= 0.6 is 0 Å². The van der Waals surface area contributed by atoms with Crippen LogP contribution in [0, 0.1) is 6.92 Å². The Balaban J connectivity index is 2.89. The number of hydrogen-bond donors (Lipinski definition) is 1. The maximum atomic E-state index is 11.4. The summed E-state index contributed by atoms with van der Waals surface area (Å²) in [5, 5.41) is 1.06. The van der Waals surface area contributed by atoms with Crippen molar-refractivity contribution in [3.8, 4) is 0 Å². The molecule has 0 aliphatic rings. The zero-order valence-corrected chi connectivity index (χ0v) is 8.56. The van der Waals surface area contributed by atoms with Crippen LogP contribution in [0.3, 0.4) is 0 Å². The van der Waals surface area contributed by atoms with Gasteiger partial charge in [0.05, 0.1) is 0 Å². The summed E-state index contributed by atoms with van der Waals surface area (Å²) in [6.07, 6.45) is 1.17.